The Hall–Kier alpha value is -2.14. The fourth-order valence-corrected chi connectivity index (χ4v) is 5.08. The van der Waals surface area contributed by atoms with Crippen molar-refractivity contribution in [3.8, 4) is 0 Å². The summed E-state index contributed by atoms with van der Waals surface area (Å²) in [7, 11) is -16.9. The lowest BCUT2D eigenvalue weighted by molar-refractivity contribution is -0.139. The van der Waals surface area contributed by atoms with Crippen molar-refractivity contribution in [2.75, 3.05) is 12.3 Å². The van der Waals surface area contributed by atoms with Crippen LogP contribution < -0.4 is 11.3 Å². The van der Waals surface area contributed by atoms with Crippen molar-refractivity contribution in [2.45, 2.75) is 12.3 Å². The Morgan fingerprint density at radius 1 is 1.12 bits per heavy atom. The number of aromatic amines is 1. The van der Waals surface area contributed by atoms with Crippen LogP contribution in [0.5, 0.6) is 0 Å². The quantitative estimate of drug-likeness (QED) is 0.134. The number of nitrogen functional groups attached to an aromatic ring is 1. The highest BCUT2D eigenvalue weighted by molar-refractivity contribution is 7.66. The van der Waals surface area contributed by atoms with Gasteiger partial charge in [0.1, 0.15) is 6.10 Å². The summed E-state index contributed by atoms with van der Waals surface area (Å²) in [5, 5.41) is 0. The number of carbonyl (C=O) groups excluding carboxylic acids is 2. The van der Waals surface area contributed by atoms with Gasteiger partial charge < -0.3 is 34.8 Å². The second-order valence-electron chi connectivity index (χ2n) is 5.50. The Morgan fingerprint density at radius 3 is 2.34 bits per heavy atom. The molecule has 0 aliphatic heterocycles. The molecule has 0 spiro atoms. The molecule has 0 fully saturated rings. The summed E-state index contributed by atoms with van der Waals surface area (Å²) in [6.45, 7) is -1.15. The number of ether oxygens (including phenoxy) is 1. The van der Waals surface area contributed by atoms with Gasteiger partial charge in [0.2, 0.25) is 5.95 Å². The first-order valence-electron chi connectivity index (χ1n) is 7.73. The van der Waals surface area contributed by atoms with E-state index >= 15 is 0 Å². The highest BCUT2D eigenvalue weighted by atomic mass is 31.3. The molecule has 2 unspecified atom stereocenters. The van der Waals surface area contributed by atoms with E-state index in [0.717, 1.165) is 10.9 Å². The van der Waals surface area contributed by atoms with Gasteiger partial charge in [0.25, 0.3) is 5.56 Å². The van der Waals surface area contributed by atoms with Crippen LogP contribution in [0.2, 0.25) is 0 Å². The molecule has 0 aliphatic carbocycles. The van der Waals surface area contributed by atoms with Gasteiger partial charge in [0.15, 0.2) is 30.0 Å². The van der Waals surface area contributed by atoms with Gasteiger partial charge in [-0.25, -0.2) is 18.7 Å². The summed E-state index contributed by atoms with van der Waals surface area (Å²) in [4.78, 5) is 79.4. The molecule has 2 aromatic rings. The van der Waals surface area contributed by atoms with Gasteiger partial charge >= 0.3 is 23.5 Å². The van der Waals surface area contributed by atoms with Crippen LogP contribution in [0.3, 0.4) is 0 Å². The minimum atomic E-state index is -5.77. The molecule has 7 N–H and O–H groups in total. The zero-order chi connectivity index (χ0) is 24.3. The maximum atomic E-state index is 11.8. The van der Waals surface area contributed by atoms with Gasteiger partial charge in [-0.1, -0.05) is 0 Å². The Bertz CT molecular complexity index is 1200. The van der Waals surface area contributed by atoms with E-state index in [2.05, 4.69) is 28.1 Å². The van der Waals surface area contributed by atoms with Crippen LogP contribution >= 0.6 is 23.5 Å². The number of hydrogen-bond donors (Lipinski definition) is 6. The van der Waals surface area contributed by atoms with E-state index in [1.54, 1.807) is 0 Å². The minimum absolute atomic E-state index is 0.00882. The molecule has 0 amide bonds. The van der Waals surface area contributed by atoms with E-state index in [9.17, 15) is 33.0 Å². The average Bonchev–Trinajstić information content (AvgIpc) is 3.03. The zero-order valence-corrected chi connectivity index (χ0v) is 17.9. The Morgan fingerprint density at radius 2 is 1.78 bits per heavy atom. The first-order chi connectivity index (χ1) is 14.7. The van der Waals surface area contributed by atoms with E-state index in [4.69, 9.17) is 25.2 Å². The summed E-state index contributed by atoms with van der Waals surface area (Å²) in [5.74, 6) is -0.325. The third-order valence-corrected chi connectivity index (χ3v) is 6.93. The summed E-state index contributed by atoms with van der Waals surface area (Å²) in [5.41, 5.74) is 4.24. The molecule has 0 radical (unpaired) electrons. The van der Waals surface area contributed by atoms with Crippen molar-refractivity contribution < 1.29 is 60.7 Å². The third kappa shape index (κ3) is 7.19. The highest BCUT2D eigenvalue weighted by Gasteiger charge is 2.41. The second kappa shape index (κ2) is 9.78. The number of phosphoric ester groups is 1. The summed E-state index contributed by atoms with van der Waals surface area (Å²) in [6, 6.07) is 0. The number of carbonyl (C=O) groups is 2. The van der Waals surface area contributed by atoms with Crippen molar-refractivity contribution in [1.82, 2.24) is 19.5 Å². The number of aromatic nitrogens is 4. The van der Waals surface area contributed by atoms with Crippen molar-refractivity contribution in [1.29, 1.82) is 0 Å². The predicted molar refractivity (Wildman–Crippen MR) is 98.4 cm³/mol. The van der Waals surface area contributed by atoms with Crippen LogP contribution in [0, 0.1) is 0 Å². The number of hydrogen-bond acceptors (Lipinski definition) is 13. The molecule has 22 heteroatoms. The molecular weight excluding hydrogens is 507 g/mol. The molecular formula is C10H14N5O14P3. The van der Waals surface area contributed by atoms with Gasteiger partial charge in [-0.3, -0.25) is 23.7 Å². The number of rotatable bonds is 12. The van der Waals surface area contributed by atoms with Crippen molar-refractivity contribution in [2.24, 2.45) is 0 Å². The largest absolute Gasteiger partial charge is 0.490 e. The first-order valence-corrected chi connectivity index (χ1v) is 12.3. The van der Waals surface area contributed by atoms with Gasteiger partial charge in [-0.05, 0) is 0 Å². The standard InChI is InChI=1S/C10H14N5O14P3/c11-10-13-8-7(9(18)14-10)12-4-15(8)6(2-17)27-5(1-16)3-26-31(22,23)29-32(24,25)28-30(19,20)21/h1-2,4-6H,3H2,(H,22,23)(H,24,25)(H2,19,20,21)(H3,11,13,14,18)/t5-,6-/m1/s1. The van der Waals surface area contributed by atoms with Crippen LogP contribution in [0.4, 0.5) is 5.95 Å². The number of nitrogens with zero attached hydrogens (tertiary/aromatic N) is 3. The number of phosphoric acid groups is 3. The van der Waals surface area contributed by atoms with E-state index in [0.29, 0.717) is 0 Å². The van der Waals surface area contributed by atoms with Crippen LogP contribution in [-0.2, 0) is 41.2 Å². The lowest BCUT2D eigenvalue weighted by Gasteiger charge is -2.20. The number of imidazole rings is 1. The first kappa shape index (κ1) is 26.1. The highest BCUT2D eigenvalue weighted by Crippen LogP contribution is 2.66. The Kier molecular flexibility index (Phi) is 7.98. The fourth-order valence-electron chi connectivity index (χ4n) is 2.05. The van der Waals surface area contributed by atoms with Crippen LogP contribution in [0.15, 0.2) is 11.1 Å². The average molecular weight is 521 g/mol. The molecule has 0 bridgehead atoms. The number of aldehydes is 2. The van der Waals surface area contributed by atoms with Crippen molar-refractivity contribution in [3.63, 3.8) is 0 Å². The molecule has 2 rings (SSSR count). The van der Waals surface area contributed by atoms with Crippen LogP contribution in [0.25, 0.3) is 11.2 Å². The molecule has 0 aromatic carbocycles. The minimum Gasteiger partial charge on any atom is -0.369 e. The number of fused-ring (bicyclic) bond motifs is 1. The maximum absolute atomic E-state index is 11.8. The molecule has 178 valence electrons. The molecule has 32 heavy (non-hydrogen) atoms. The topological polar surface area (TPSA) is 293 Å². The Labute approximate surface area is 175 Å². The van der Waals surface area contributed by atoms with Gasteiger partial charge in [-0.2, -0.15) is 13.6 Å². The van der Waals surface area contributed by atoms with Crippen LogP contribution in [-0.4, -0.2) is 64.4 Å². The van der Waals surface area contributed by atoms with E-state index in [1.165, 1.54) is 0 Å². The zero-order valence-electron chi connectivity index (χ0n) is 15.2. The summed E-state index contributed by atoms with van der Waals surface area (Å²) in [6.07, 6.45) is -2.35. The molecule has 0 saturated carbocycles. The van der Waals surface area contributed by atoms with Crippen LogP contribution in [0.1, 0.15) is 6.23 Å². The number of nitrogens with one attached hydrogen (secondary N) is 1. The lowest BCUT2D eigenvalue weighted by Crippen LogP contribution is -2.27. The third-order valence-electron chi connectivity index (χ3n) is 3.13. The van der Waals surface area contributed by atoms with E-state index in [-0.39, 0.29) is 29.7 Å². The Balaban J connectivity index is 2.13. The fraction of sp³-hybridized carbons (Fsp3) is 0.300. The maximum Gasteiger partial charge on any atom is 0.490 e. The van der Waals surface area contributed by atoms with Gasteiger partial charge in [-0.15, -0.1) is 0 Å². The summed E-state index contributed by atoms with van der Waals surface area (Å²) < 4.78 is 50.8. The molecule has 2 heterocycles. The smallest absolute Gasteiger partial charge is 0.369 e. The second-order valence-corrected chi connectivity index (χ2v) is 9.92. The predicted octanol–water partition coefficient (Wildman–Crippen LogP) is -1.67. The number of nitrogens with two attached hydrogens (primary N) is 1. The van der Waals surface area contributed by atoms with Crippen molar-refractivity contribution in [3.05, 3.63) is 16.7 Å². The monoisotopic (exact) mass is 521 g/mol. The SMILES string of the molecule is Nc1nc2c(ncn2[C@@H](C=O)O[C@H](C=O)COP(=O)(O)OP(=O)(O)OP(=O)(O)O)c(=O)[nH]1. The van der Waals surface area contributed by atoms with Crippen molar-refractivity contribution >= 4 is 53.2 Å². The molecule has 4 atom stereocenters. The summed E-state index contributed by atoms with van der Waals surface area (Å²) >= 11 is 0. The number of H-pyrrole nitrogens is 1. The normalized spacial score (nSPS) is 17.9. The molecule has 19 nitrogen and oxygen atoms in total. The lowest BCUT2D eigenvalue weighted by atomic mass is 10.4. The number of anilines is 1. The molecule has 0 aliphatic rings. The van der Waals surface area contributed by atoms with Gasteiger partial charge in [0.05, 0.1) is 12.9 Å². The van der Waals surface area contributed by atoms with E-state index < -0.39 is 48.0 Å². The van der Waals surface area contributed by atoms with Gasteiger partial charge in [0, 0.05) is 0 Å². The molecule has 2 aromatic heterocycles. The molecule has 0 saturated heterocycles. The van der Waals surface area contributed by atoms with E-state index in [1.807, 2.05) is 0 Å².